The maximum atomic E-state index is 13.8. The monoisotopic (exact) mass is 397 g/mol. The van der Waals surface area contributed by atoms with Gasteiger partial charge in [-0.3, -0.25) is 9.59 Å². The summed E-state index contributed by atoms with van der Waals surface area (Å²) in [7, 11) is 0. The Labute approximate surface area is 164 Å². The largest absolute Gasteiger partial charge is 0.441 e. The number of aryl methyl sites for hydroxylation is 1. The minimum absolute atomic E-state index is 0.0597. The average molecular weight is 397 g/mol. The molecule has 0 fully saturated rings. The number of fused-ring (bicyclic) bond motifs is 1. The second-order valence-electron chi connectivity index (χ2n) is 6.19. The van der Waals surface area contributed by atoms with Crippen molar-refractivity contribution in [2.24, 2.45) is 0 Å². The molecule has 0 saturated carbocycles. The molecule has 4 rings (SSSR count). The third-order valence-electron chi connectivity index (χ3n) is 4.15. The summed E-state index contributed by atoms with van der Waals surface area (Å²) in [6.45, 7) is 0. The topological polar surface area (TPSA) is 84.2 Å². The van der Waals surface area contributed by atoms with E-state index in [1.54, 1.807) is 30.3 Å². The van der Waals surface area contributed by atoms with E-state index in [1.165, 1.54) is 24.0 Å². The number of aromatic nitrogens is 1. The number of halogens is 1. The molecular formula is C20H16FN3O3S. The number of carbonyl (C=O) groups excluding carboxylic acids is 2. The highest BCUT2D eigenvalue weighted by molar-refractivity contribution is 8.00. The Balaban J connectivity index is 1.36. The molecule has 2 aromatic carbocycles. The summed E-state index contributed by atoms with van der Waals surface area (Å²) in [6, 6.07) is 11.7. The van der Waals surface area contributed by atoms with E-state index < -0.39 is 0 Å². The number of nitrogens with zero attached hydrogens (tertiary/aromatic N) is 1. The van der Waals surface area contributed by atoms with Crippen LogP contribution < -0.4 is 10.6 Å². The Bertz CT molecular complexity index is 1050. The Morgan fingerprint density at radius 3 is 3.00 bits per heavy atom. The van der Waals surface area contributed by atoms with Crippen LogP contribution in [0.2, 0.25) is 0 Å². The molecule has 6 nitrogen and oxygen atoms in total. The van der Waals surface area contributed by atoms with Crippen molar-refractivity contribution in [1.82, 2.24) is 4.98 Å². The summed E-state index contributed by atoms with van der Waals surface area (Å²) in [5.74, 6) is 0.430. The molecule has 28 heavy (non-hydrogen) atoms. The number of thioether (sulfide) groups is 1. The van der Waals surface area contributed by atoms with Gasteiger partial charge in [0, 0.05) is 23.4 Å². The molecule has 2 amide bonds. The summed E-state index contributed by atoms with van der Waals surface area (Å²) in [5, 5.41) is 5.58. The number of hydrogen-bond donors (Lipinski definition) is 2. The van der Waals surface area contributed by atoms with Crippen LogP contribution in [-0.2, 0) is 16.0 Å². The zero-order valence-electron chi connectivity index (χ0n) is 14.7. The highest BCUT2D eigenvalue weighted by atomic mass is 32.2. The Morgan fingerprint density at radius 2 is 2.14 bits per heavy atom. The van der Waals surface area contributed by atoms with E-state index >= 15 is 0 Å². The molecule has 2 N–H and O–H groups in total. The number of amides is 2. The standard InChI is InChI=1S/C20H16FN3O3S/c21-14-4-2-1-3-13(14)16-10-22-20(27-16)8-7-18(25)23-12-5-6-17-15(9-12)24-19(26)11-28-17/h1-6,9-10H,7-8,11H2,(H,23,25)(H,24,26). The lowest BCUT2D eigenvalue weighted by Gasteiger charge is -2.17. The van der Waals surface area contributed by atoms with E-state index in [0.717, 1.165) is 4.90 Å². The molecular weight excluding hydrogens is 381 g/mol. The molecule has 0 spiro atoms. The van der Waals surface area contributed by atoms with Gasteiger partial charge in [-0.25, -0.2) is 9.37 Å². The van der Waals surface area contributed by atoms with Gasteiger partial charge >= 0.3 is 0 Å². The SMILES string of the molecule is O=C(CCc1ncc(-c2ccccc2F)o1)Nc1ccc2c(c1)NC(=O)CS2. The van der Waals surface area contributed by atoms with E-state index in [1.807, 2.05) is 6.07 Å². The number of nitrogens with one attached hydrogen (secondary N) is 2. The van der Waals surface area contributed by atoms with Crippen LogP contribution in [0.1, 0.15) is 12.3 Å². The van der Waals surface area contributed by atoms with Crippen molar-refractivity contribution in [1.29, 1.82) is 0 Å². The van der Waals surface area contributed by atoms with Crippen molar-refractivity contribution in [3.05, 3.63) is 60.4 Å². The molecule has 0 atom stereocenters. The van der Waals surface area contributed by atoms with Crippen LogP contribution in [0, 0.1) is 5.82 Å². The first kappa shape index (κ1) is 18.2. The summed E-state index contributed by atoms with van der Waals surface area (Å²) in [6.07, 6.45) is 1.91. The van der Waals surface area contributed by atoms with Crippen LogP contribution in [0.25, 0.3) is 11.3 Å². The van der Waals surface area contributed by atoms with Gasteiger partial charge in [0.15, 0.2) is 11.7 Å². The fourth-order valence-electron chi connectivity index (χ4n) is 2.82. The normalized spacial score (nSPS) is 13.0. The maximum absolute atomic E-state index is 13.8. The summed E-state index contributed by atoms with van der Waals surface area (Å²) < 4.78 is 19.4. The number of anilines is 2. The number of carbonyl (C=O) groups is 2. The summed E-state index contributed by atoms with van der Waals surface area (Å²) in [4.78, 5) is 28.8. The van der Waals surface area contributed by atoms with Gasteiger partial charge in [-0.15, -0.1) is 11.8 Å². The van der Waals surface area contributed by atoms with Crippen LogP contribution in [0.15, 0.2) is 58.0 Å². The fourth-order valence-corrected chi connectivity index (χ4v) is 3.60. The highest BCUT2D eigenvalue weighted by Crippen LogP contribution is 2.33. The summed E-state index contributed by atoms with van der Waals surface area (Å²) >= 11 is 1.46. The molecule has 3 aromatic rings. The highest BCUT2D eigenvalue weighted by Gasteiger charge is 2.16. The average Bonchev–Trinajstić information content (AvgIpc) is 3.15. The van der Waals surface area contributed by atoms with Gasteiger partial charge in [-0.2, -0.15) is 0 Å². The van der Waals surface area contributed by atoms with E-state index in [9.17, 15) is 14.0 Å². The van der Waals surface area contributed by atoms with E-state index in [0.29, 0.717) is 34.3 Å². The molecule has 0 aliphatic carbocycles. The van der Waals surface area contributed by atoms with Gasteiger partial charge in [0.25, 0.3) is 0 Å². The smallest absolute Gasteiger partial charge is 0.234 e. The first-order valence-corrected chi connectivity index (χ1v) is 9.63. The van der Waals surface area contributed by atoms with Crippen LogP contribution >= 0.6 is 11.8 Å². The molecule has 0 bridgehead atoms. The Morgan fingerprint density at radius 1 is 1.29 bits per heavy atom. The molecule has 0 saturated heterocycles. The zero-order valence-corrected chi connectivity index (χ0v) is 15.5. The second-order valence-corrected chi connectivity index (χ2v) is 7.21. The molecule has 1 aliphatic rings. The quantitative estimate of drug-likeness (QED) is 0.677. The Hall–Kier alpha value is -3.13. The third kappa shape index (κ3) is 4.07. The molecule has 142 valence electrons. The van der Waals surface area contributed by atoms with Gasteiger partial charge in [0.05, 0.1) is 23.2 Å². The van der Waals surface area contributed by atoms with Gasteiger partial charge in [-0.05, 0) is 30.3 Å². The first-order valence-electron chi connectivity index (χ1n) is 8.64. The number of benzene rings is 2. The van der Waals surface area contributed by atoms with Crippen molar-refractivity contribution in [2.75, 3.05) is 16.4 Å². The van der Waals surface area contributed by atoms with Crippen molar-refractivity contribution in [3.8, 4) is 11.3 Å². The molecule has 8 heteroatoms. The van der Waals surface area contributed by atoms with Crippen LogP contribution in [0.3, 0.4) is 0 Å². The van der Waals surface area contributed by atoms with Crippen molar-refractivity contribution < 1.29 is 18.4 Å². The lowest BCUT2D eigenvalue weighted by molar-refractivity contribution is -0.116. The van der Waals surface area contributed by atoms with Gasteiger partial charge in [-0.1, -0.05) is 12.1 Å². The van der Waals surface area contributed by atoms with E-state index in [-0.39, 0.29) is 30.5 Å². The predicted molar refractivity (Wildman–Crippen MR) is 105 cm³/mol. The van der Waals surface area contributed by atoms with Gasteiger partial charge < -0.3 is 15.1 Å². The van der Waals surface area contributed by atoms with Crippen molar-refractivity contribution in [2.45, 2.75) is 17.7 Å². The molecule has 2 heterocycles. The number of rotatable bonds is 5. The number of oxazole rings is 1. The van der Waals surface area contributed by atoms with E-state index in [2.05, 4.69) is 15.6 Å². The van der Waals surface area contributed by atoms with Gasteiger partial charge in [0.2, 0.25) is 11.8 Å². The fraction of sp³-hybridized carbons (Fsp3) is 0.150. The van der Waals surface area contributed by atoms with Crippen LogP contribution in [0.5, 0.6) is 0 Å². The van der Waals surface area contributed by atoms with Crippen molar-refractivity contribution >= 4 is 35.0 Å². The van der Waals surface area contributed by atoms with Crippen molar-refractivity contribution in [3.63, 3.8) is 0 Å². The second kappa shape index (κ2) is 7.85. The number of hydrogen-bond acceptors (Lipinski definition) is 5. The van der Waals surface area contributed by atoms with Crippen LogP contribution in [0.4, 0.5) is 15.8 Å². The lowest BCUT2D eigenvalue weighted by atomic mass is 10.2. The minimum Gasteiger partial charge on any atom is -0.441 e. The molecule has 0 unspecified atom stereocenters. The maximum Gasteiger partial charge on any atom is 0.234 e. The molecule has 1 aromatic heterocycles. The van der Waals surface area contributed by atoms with Gasteiger partial charge in [0.1, 0.15) is 5.82 Å². The third-order valence-corrected chi connectivity index (χ3v) is 5.23. The summed E-state index contributed by atoms with van der Waals surface area (Å²) in [5.41, 5.74) is 1.63. The predicted octanol–water partition coefficient (Wildman–Crippen LogP) is 4.10. The van der Waals surface area contributed by atoms with Crippen LogP contribution in [-0.4, -0.2) is 22.6 Å². The Kier molecular flexibility index (Phi) is 5.12. The minimum atomic E-state index is -0.388. The first-order chi connectivity index (χ1) is 13.6. The van der Waals surface area contributed by atoms with E-state index in [4.69, 9.17) is 4.42 Å². The molecule has 0 radical (unpaired) electrons. The lowest BCUT2D eigenvalue weighted by Crippen LogP contribution is -2.19. The molecule has 1 aliphatic heterocycles. The zero-order chi connectivity index (χ0) is 19.5.